The van der Waals surface area contributed by atoms with Crippen molar-refractivity contribution in [3.63, 3.8) is 0 Å². The van der Waals surface area contributed by atoms with Crippen LogP contribution in [0.3, 0.4) is 0 Å². The van der Waals surface area contributed by atoms with Crippen LogP contribution in [0.1, 0.15) is 43.2 Å². The van der Waals surface area contributed by atoms with Gasteiger partial charge in [0, 0.05) is 6.54 Å². The maximum Gasteiger partial charge on any atom is 0.266 e. The van der Waals surface area contributed by atoms with Gasteiger partial charge < -0.3 is 9.47 Å². The van der Waals surface area contributed by atoms with Gasteiger partial charge in [-0.25, -0.2) is 4.39 Å². The van der Waals surface area contributed by atoms with Gasteiger partial charge in [-0.05, 0) is 53.8 Å². The van der Waals surface area contributed by atoms with E-state index < -0.39 is 0 Å². The van der Waals surface area contributed by atoms with E-state index in [2.05, 4.69) is 0 Å². The molecule has 168 valence electrons. The molecule has 1 amide bonds. The van der Waals surface area contributed by atoms with Crippen LogP contribution in [0, 0.1) is 11.7 Å². The number of thiocarbonyl (C=S) groups is 1. The molecule has 1 saturated carbocycles. The van der Waals surface area contributed by atoms with E-state index in [0.717, 1.165) is 23.5 Å². The summed E-state index contributed by atoms with van der Waals surface area (Å²) in [5.41, 5.74) is 1.70. The van der Waals surface area contributed by atoms with E-state index in [-0.39, 0.29) is 11.7 Å². The van der Waals surface area contributed by atoms with Crippen LogP contribution in [0.15, 0.2) is 47.4 Å². The van der Waals surface area contributed by atoms with Crippen LogP contribution in [-0.2, 0) is 11.4 Å². The van der Waals surface area contributed by atoms with Crippen molar-refractivity contribution in [1.82, 2.24) is 4.90 Å². The van der Waals surface area contributed by atoms with Crippen LogP contribution >= 0.6 is 24.0 Å². The molecule has 2 aliphatic rings. The summed E-state index contributed by atoms with van der Waals surface area (Å²) in [6, 6.07) is 11.7. The fraction of sp³-hybridized carbons (Fsp3) is 0.360. The van der Waals surface area contributed by atoms with Gasteiger partial charge in [-0.3, -0.25) is 9.69 Å². The first-order valence-electron chi connectivity index (χ1n) is 10.8. The van der Waals surface area contributed by atoms with Crippen molar-refractivity contribution in [2.45, 2.75) is 38.7 Å². The minimum Gasteiger partial charge on any atom is -0.493 e. The maximum absolute atomic E-state index is 13.1. The molecule has 1 aliphatic carbocycles. The normalized spacial score (nSPS) is 18.1. The molecule has 0 radical (unpaired) electrons. The van der Waals surface area contributed by atoms with Crippen molar-refractivity contribution >= 4 is 40.3 Å². The second-order valence-corrected chi connectivity index (χ2v) is 9.77. The van der Waals surface area contributed by atoms with Crippen LogP contribution in [-0.4, -0.2) is 28.8 Å². The van der Waals surface area contributed by atoms with Gasteiger partial charge in [0.05, 0.1) is 12.0 Å². The molecule has 7 heteroatoms. The zero-order valence-electron chi connectivity index (χ0n) is 18.0. The molecule has 2 fully saturated rings. The van der Waals surface area contributed by atoms with E-state index in [1.165, 1.54) is 49.6 Å². The minimum absolute atomic E-state index is 0.0198. The van der Waals surface area contributed by atoms with Gasteiger partial charge in [0.2, 0.25) is 0 Å². The Bertz CT molecular complexity index is 1020. The first kappa shape index (κ1) is 22.8. The Balaban J connectivity index is 1.42. The average molecular weight is 472 g/mol. The second-order valence-electron chi connectivity index (χ2n) is 8.10. The molecular weight excluding hydrogens is 445 g/mol. The van der Waals surface area contributed by atoms with Crippen molar-refractivity contribution in [1.29, 1.82) is 0 Å². The lowest BCUT2D eigenvalue weighted by molar-refractivity contribution is -0.122. The quantitative estimate of drug-likeness (QED) is 0.339. The highest BCUT2D eigenvalue weighted by Crippen LogP contribution is 2.36. The topological polar surface area (TPSA) is 38.8 Å². The smallest absolute Gasteiger partial charge is 0.266 e. The fourth-order valence-electron chi connectivity index (χ4n) is 4.09. The number of ether oxygens (including phenoxy) is 2. The molecule has 1 aliphatic heterocycles. The number of amides is 1. The third-order valence-electron chi connectivity index (χ3n) is 5.90. The minimum atomic E-state index is -0.278. The largest absolute Gasteiger partial charge is 0.493 e. The summed E-state index contributed by atoms with van der Waals surface area (Å²) in [6.45, 7) is 1.00. The third kappa shape index (κ3) is 5.51. The highest BCUT2D eigenvalue weighted by atomic mass is 32.2. The molecule has 1 heterocycles. The number of rotatable bonds is 8. The molecule has 0 spiro atoms. The van der Waals surface area contributed by atoms with Crippen LogP contribution in [0.4, 0.5) is 4.39 Å². The number of benzene rings is 2. The number of nitrogens with zero attached hydrogens (tertiary/aromatic N) is 1. The molecule has 2 aromatic rings. The molecule has 0 atom stereocenters. The predicted octanol–water partition coefficient (Wildman–Crippen LogP) is 6.19. The molecule has 1 saturated heterocycles. The van der Waals surface area contributed by atoms with E-state index in [1.807, 2.05) is 24.3 Å². The highest BCUT2D eigenvalue weighted by molar-refractivity contribution is 8.26. The summed E-state index contributed by atoms with van der Waals surface area (Å²) in [4.78, 5) is 15.3. The van der Waals surface area contributed by atoms with Crippen molar-refractivity contribution < 1.29 is 18.7 Å². The zero-order valence-corrected chi connectivity index (χ0v) is 19.6. The predicted molar refractivity (Wildman–Crippen MR) is 130 cm³/mol. The van der Waals surface area contributed by atoms with Crippen LogP contribution in [0.5, 0.6) is 11.5 Å². The number of hydrogen-bond donors (Lipinski definition) is 0. The number of methoxy groups -OCH3 is 1. The van der Waals surface area contributed by atoms with E-state index in [9.17, 15) is 9.18 Å². The molecule has 4 nitrogen and oxygen atoms in total. The van der Waals surface area contributed by atoms with Gasteiger partial charge in [0.1, 0.15) is 16.7 Å². The van der Waals surface area contributed by atoms with E-state index in [4.69, 9.17) is 21.7 Å². The number of halogens is 1. The lowest BCUT2D eigenvalue weighted by atomic mass is 10.0. The number of hydrogen-bond acceptors (Lipinski definition) is 5. The lowest BCUT2D eigenvalue weighted by Crippen LogP contribution is -2.30. The van der Waals surface area contributed by atoms with Gasteiger partial charge in [0.25, 0.3) is 5.91 Å². The number of carbonyl (C=O) groups is 1. The summed E-state index contributed by atoms with van der Waals surface area (Å²) in [7, 11) is 1.58. The Morgan fingerprint density at radius 3 is 2.62 bits per heavy atom. The molecule has 2 aromatic carbocycles. The monoisotopic (exact) mass is 471 g/mol. The van der Waals surface area contributed by atoms with Crippen molar-refractivity contribution in [3.8, 4) is 11.5 Å². The Hall–Kier alpha value is -2.38. The summed E-state index contributed by atoms with van der Waals surface area (Å²) in [6.07, 6.45) is 8.00. The average Bonchev–Trinajstić information content (AvgIpc) is 3.40. The molecule has 0 bridgehead atoms. The second kappa shape index (κ2) is 10.5. The zero-order chi connectivity index (χ0) is 22.5. The van der Waals surface area contributed by atoms with Crippen molar-refractivity contribution in [3.05, 3.63) is 64.3 Å². The summed E-state index contributed by atoms with van der Waals surface area (Å²) in [5.74, 6) is 1.57. The van der Waals surface area contributed by atoms with E-state index >= 15 is 0 Å². The first-order chi connectivity index (χ1) is 15.5. The Labute approximate surface area is 197 Å². The van der Waals surface area contributed by atoms with Gasteiger partial charge in [-0.15, -0.1) is 0 Å². The van der Waals surface area contributed by atoms with Crippen LogP contribution in [0.2, 0.25) is 0 Å². The number of carbonyl (C=O) groups excluding carboxylic acids is 1. The third-order valence-corrected chi connectivity index (χ3v) is 7.28. The first-order valence-corrected chi connectivity index (χ1v) is 12.1. The fourth-order valence-corrected chi connectivity index (χ4v) is 5.40. The molecule has 0 N–H and O–H groups in total. The molecule has 0 aromatic heterocycles. The van der Waals surface area contributed by atoms with Crippen molar-refractivity contribution in [2.75, 3.05) is 13.7 Å². The van der Waals surface area contributed by atoms with Crippen LogP contribution < -0.4 is 9.47 Å². The van der Waals surface area contributed by atoms with Gasteiger partial charge in [0.15, 0.2) is 11.5 Å². The van der Waals surface area contributed by atoms with E-state index in [0.29, 0.717) is 33.9 Å². The maximum atomic E-state index is 13.1. The Morgan fingerprint density at radius 2 is 1.91 bits per heavy atom. The Kier molecular flexibility index (Phi) is 7.48. The molecule has 32 heavy (non-hydrogen) atoms. The standard InChI is InChI=1S/C25H26FNO3S2/c1-29-22-14-19(8-11-21(22)30-16-18-6-9-20(26)10-7-18)15-23-24(28)27(25(31)32-23)13-12-17-4-2-3-5-17/h6-11,14-15,17H,2-5,12-13,16H2,1H3. The van der Waals surface area contributed by atoms with Gasteiger partial charge >= 0.3 is 0 Å². The SMILES string of the molecule is COc1cc(C=C2SC(=S)N(CCC3CCCC3)C2=O)ccc1OCc1ccc(F)cc1. The Morgan fingerprint density at radius 1 is 1.16 bits per heavy atom. The molecular formula is C25H26FNO3S2. The highest BCUT2D eigenvalue weighted by Gasteiger charge is 2.32. The van der Waals surface area contributed by atoms with Gasteiger partial charge in [-0.2, -0.15) is 0 Å². The van der Waals surface area contributed by atoms with Crippen molar-refractivity contribution in [2.24, 2.45) is 5.92 Å². The lowest BCUT2D eigenvalue weighted by Gasteiger charge is -2.17. The van der Waals surface area contributed by atoms with Crippen LogP contribution in [0.25, 0.3) is 6.08 Å². The summed E-state index contributed by atoms with van der Waals surface area (Å²) in [5, 5.41) is 0. The molecule has 0 unspecified atom stereocenters. The van der Waals surface area contributed by atoms with Gasteiger partial charge in [-0.1, -0.05) is 67.9 Å². The summed E-state index contributed by atoms with van der Waals surface area (Å²) < 4.78 is 25.0. The molecule has 4 rings (SSSR count). The number of thioether (sulfide) groups is 1. The van der Waals surface area contributed by atoms with E-state index in [1.54, 1.807) is 24.1 Å². The summed E-state index contributed by atoms with van der Waals surface area (Å²) >= 11 is 6.82.